The molecule has 2 unspecified atom stereocenters. The fourth-order valence-electron chi connectivity index (χ4n) is 5.81. The van der Waals surface area contributed by atoms with Crippen molar-refractivity contribution < 1.29 is 18.8 Å². The molecule has 0 heterocycles. The second-order valence-electron chi connectivity index (χ2n) is 12.9. The van der Waals surface area contributed by atoms with Crippen LogP contribution in [-0.4, -0.2) is 43.3 Å². The largest absolute Gasteiger partial charge is 0.491 e. The van der Waals surface area contributed by atoms with Gasteiger partial charge in [-0.05, 0) is 43.9 Å². The zero-order valence-corrected chi connectivity index (χ0v) is 27.8. The van der Waals surface area contributed by atoms with Crippen LogP contribution in [0.5, 0.6) is 5.75 Å². The van der Waals surface area contributed by atoms with Gasteiger partial charge in [0, 0.05) is 18.4 Å². The molecule has 42 heavy (non-hydrogen) atoms. The van der Waals surface area contributed by atoms with Crippen LogP contribution in [-0.2, 0) is 22.5 Å². The van der Waals surface area contributed by atoms with E-state index in [4.69, 9.17) is 9.47 Å². The van der Waals surface area contributed by atoms with E-state index in [1.54, 1.807) is 0 Å². The first-order valence-corrected chi connectivity index (χ1v) is 17.1. The molecule has 4 nitrogen and oxygen atoms in total. The third kappa shape index (κ3) is 15.2. The molecule has 0 bridgehead atoms. The monoisotopic (exact) mass is 580 g/mol. The Morgan fingerprint density at radius 1 is 0.690 bits per heavy atom. The molecule has 236 valence electrons. The number of quaternary nitrogens is 1. The van der Waals surface area contributed by atoms with Gasteiger partial charge in [0.2, 0.25) is 0 Å². The Morgan fingerprint density at radius 3 is 1.83 bits per heavy atom. The molecule has 0 aliphatic carbocycles. The molecule has 0 aliphatic rings. The number of carbonyl (C=O) groups is 1. The van der Waals surface area contributed by atoms with E-state index in [-0.39, 0.29) is 18.1 Å². The summed E-state index contributed by atoms with van der Waals surface area (Å²) < 4.78 is 12.5. The van der Waals surface area contributed by atoms with Crippen LogP contribution in [0.15, 0.2) is 54.6 Å². The van der Waals surface area contributed by atoms with E-state index in [0.29, 0.717) is 17.5 Å². The van der Waals surface area contributed by atoms with Gasteiger partial charge in [0.25, 0.3) is 0 Å². The smallest absolute Gasteiger partial charge is 0.364 e. The van der Waals surface area contributed by atoms with E-state index in [0.717, 1.165) is 31.6 Å². The Morgan fingerprint density at radius 2 is 1.26 bits per heavy atom. The molecule has 0 radical (unpaired) electrons. The molecule has 2 atom stereocenters. The van der Waals surface area contributed by atoms with Crippen molar-refractivity contribution in [2.24, 2.45) is 0 Å². The molecule has 4 heteroatoms. The number of esters is 1. The van der Waals surface area contributed by atoms with Crippen molar-refractivity contribution in [3.05, 3.63) is 65.7 Å². The molecule has 0 aromatic heterocycles. The van der Waals surface area contributed by atoms with Gasteiger partial charge in [0.1, 0.15) is 12.3 Å². The van der Waals surface area contributed by atoms with Crippen molar-refractivity contribution in [2.45, 2.75) is 142 Å². The van der Waals surface area contributed by atoms with Crippen molar-refractivity contribution in [2.75, 3.05) is 20.7 Å². The molecule has 0 saturated carbocycles. The lowest BCUT2D eigenvalue weighted by molar-refractivity contribution is -0.920. The van der Waals surface area contributed by atoms with Crippen LogP contribution in [0, 0.1) is 0 Å². The number of nitrogens with zero attached hydrogens (tertiary/aromatic N) is 1. The Kier molecular flexibility index (Phi) is 18.3. The minimum Gasteiger partial charge on any atom is -0.491 e. The Bertz CT molecular complexity index is 941. The molecular weight excluding hydrogens is 518 g/mol. The molecule has 2 aromatic rings. The lowest BCUT2D eigenvalue weighted by atomic mass is 10.0. The number of ether oxygens (including phenoxy) is 2. The predicted molar refractivity (Wildman–Crippen MR) is 178 cm³/mol. The molecule has 0 N–H and O–H groups in total. The summed E-state index contributed by atoms with van der Waals surface area (Å²) in [7, 11) is 4.25. The Labute approximate surface area is 258 Å². The fraction of sp³-hybridized carbons (Fsp3) is 0.658. The normalized spacial score (nSPS) is 13.1. The number of rotatable bonds is 24. The standard InChI is InChI=1S/C38H62NO3/c1-6-8-9-10-11-12-13-14-15-16-17-19-23-34-26-28-36(29-27-34)42-33(3)30-31-41-38(40)37(22-7-2)39(4,5)32-35-24-20-18-21-25-35/h18,20-21,24-29,33,37H,6-17,19,22-23,30-32H2,1-5H3/q+1. The van der Waals surface area contributed by atoms with E-state index >= 15 is 0 Å². The number of aryl methyl sites for hydroxylation is 1. The van der Waals surface area contributed by atoms with Crippen LogP contribution in [0.4, 0.5) is 0 Å². The van der Waals surface area contributed by atoms with Gasteiger partial charge in [-0.3, -0.25) is 0 Å². The highest BCUT2D eigenvalue weighted by atomic mass is 16.5. The van der Waals surface area contributed by atoms with Crippen molar-refractivity contribution in [1.82, 2.24) is 0 Å². The first kappa shape index (κ1) is 35.9. The molecule has 0 saturated heterocycles. The van der Waals surface area contributed by atoms with E-state index < -0.39 is 0 Å². The highest BCUT2D eigenvalue weighted by molar-refractivity contribution is 5.74. The van der Waals surface area contributed by atoms with Crippen molar-refractivity contribution in [3.8, 4) is 5.75 Å². The second-order valence-corrected chi connectivity index (χ2v) is 12.9. The molecule has 0 spiro atoms. The minimum absolute atomic E-state index is 0.0172. The molecule has 2 aromatic carbocycles. The number of hydrogen-bond acceptors (Lipinski definition) is 3. The first-order valence-electron chi connectivity index (χ1n) is 17.1. The maximum Gasteiger partial charge on any atom is 0.364 e. The lowest BCUT2D eigenvalue weighted by Crippen LogP contribution is -2.52. The quantitative estimate of drug-likeness (QED) is 0.0704. The molecule has 2 rings (SSSR count). The van der Waals surface area contributed by atoms with Gasteiger partial charge in [-0.25, -0.2) is 4.79 Å². The van der Waals surface area contributed by atoms with E-state index in [9.17, 15) is 4.79 Å². The Balaban J connectivity index is 1.61. The fourth-order valence-corrected chi connectivity index (χ4v) is 5.81. The van der Waals surface area contributed by atoms with Gasteiger partial charge in [0.05, 0.1) is 26.8 Å². The van der Waals surface area contributed by atoms with Crippen LogP contribution in [0.2, 0.25) is 0 Å². The van der Waals surface area contributed by atoms with E-state index in [2.05, 4.69) is 76.5 Å². The van der Waals surface area contributed by atoms with Crippen LogP contribution in [0.3, 0.4) is 0 Å². The summed E-state index contributed by atoms with van der Waals surface area (Å²) in [6.45, 7) is 7.64. The second kappa shape index (κ2) is 21.4. The summed E-state index contributed by atoms with van der Waals surface area (Å²) in [5.74, 6) is 0.781. The van der Waals surface area contributed by atoms with Gasteiger partial charge < -0.3 is 14.0 Å². The summed E-state index contributed by atoms with van der Waals surface area (Å²) in [6.07, 6.45) is 20.2. The van der Waals surface area contributed by atoms with Crippen LogP contribution in [0.1, 0.15) is 128 Å². The van der Waals surface area contributed by atoms with Crippen molar-refractivity contribution in [3.63, 3.8) is 0 Å². The predicted octanol–water partition coefficient (Wildman–Crippen LogP) is 10.1. The van der Waals surface area contributed by atoms with Crippen LogP contribution >= 0.6 is 0 Å². The average molecular weight is 581 g/mol. The highest BCUT2D eigenvalue weighted by Gasteiger charge is 2.35. The number of unbranched alkanes of at least 4 members (excludes halogenated alkanes) is 11. The number of benzene rings is 2. The molecule has 0 aliphatic heterocycles. The summed E-state index contributed by atoms with van der Waals surface area (Å²) in [5, 5.41) is 0. The molecule has 0 amide bonds. The third-order valence-corrected chi connectivity index (χ3v) is 8.46. The van der Waals surface area contributed by atoms with Crippen LogP contribution < -0.4 is 4.74 Å². The summed E-state index contributed by atoms with van der Waals surface area (Å²) in [5.41, 5.74) is 2.62. The summed E-state index contributed by atoms with van der Waals surface area (Å²) >= 11 is 0. The molecule has 0 fully saturated rings. The van der Waals surface area contributed by atoms with Gasteiger partial charge in [0.15, 0.2) is 6.04 Å². The van der Waals surface area contributed by atoms with Gasteiger partial charge in [-0.2, -0.15) is 0 Å². The lowest BCUT2D eigenvalue weighted by Gasteiger charge is -2.36. The number of carbonyl (C=O) groups excluding carboxylic acids is 1. The average Bonchev–Trinajstić information content (AvgIpc) is 2.97. The van der Waals surface area contributed by atoms with E-state index in [1.165, 1.54) is 88.2 Å². The number of likely N-dealkylation sites (N-methyl/N-ethyl adjacent to an activating group) is 1. The summed E-state index contributed by atoms with van der Waals surface area (Å²) in [6, 6.07) is 18.8. The minimum atomic E-state index is -0.177. The maximum atomic E-state index is 13.1. The van der Waals surface area contributed by atoms with Gasteiger partial charge in [-0.1, -0.05) is 127 Å². The first-order chi connectivity index (χ1) is 20.4. The zero-order valence-electron chi connectivity index (χ0n) is 27.8. The van der Waals surface area contributed by atoms with E-state index in [1.807, 2.05) is 13.0 Å². The maximum absolute atomic E-state index is 13.1. The van der Waals surface area contributed by atoms with Crippen molar-refractivity contribution >= 4 is 5.97 Å². The topological polar surface area (TPSA) is 35.5 Å². The Hall–Kier alpha value is -2.33. The SMILES string of the molecule is CCCCCCCCCCCCCCc1ccc(OC(C)CCOC(=O)C(CCC)[N+](C)(C)Cc2ccccc2)cc1. The molecular formula is C38H62NO3+. The number of hydrogen-bond donors (Lipinski definition) is 0. The van der Waals surface area contributed by atoms with Gasteiger partial charge >= 0.3 is 5.97 Å². The van der Waals surface area contributed by atoms with Crippen LogP contribution in [0.25, 0.3) is 0 Å². The summed E-state index contributed by atoms with van der Waals surface area (Å²) in [4.78, 5) is 13.1. The highest BCUT2D eigenvalue weighted by Crippen LogP contribution is 2.21. The zero-order chi connectivity index (χ0) is 30.5. The van der Waals surface area contributed by atoms with Gasteiger partial charge in [-0.15, -0.1) is 0 Å². The third-order valence-electron chi connectivity index (χ3n) is 8.46. The van der Waals surface area contributed by atoms with Crippen molar-refractivity contribution in [1.29, 1.82) is 0 Å².